The zero-order valence-corrected chi connectivity index (χ0v) is 13.2. The highest BCUT2D eigenvalue weighted by atomic mass is 16.5. The van der Waals surface area contributed by atoms with Gasteiger partial charge in [0.15, 0.2) is 0 Å². The summed E-state index contributed by atoms with van der Waals surface area (Å²) in [5, 5.41) is 3.30. The molecule has 0 saturated heterocycles. The number of ether oxygens (including phenoxy) is 1. The van der Waals surface area contributed by atoms with Gasteiger partial charge in [0, 0.05) is 18.3 Å². The Bertz CT molecular complexity index is 410. The van der Waals surface area contributed by atoms with Crippen molar-refractivity contribution in [1.29, 1.82) is 0 Å². The third-order valence-electron chi connectivity index (χ3n) is 3.23. The summed E-state index contributed by atoms with van der Waals surface area (Å²) in [5.74, 6) is 1.81. The molecule has 1 heterocycles. The first-order valence-electron chi connectivity index (χ1n) is 6.94. The first kappa shape index (κ1) is 15.7. The van der Waals surface area contributed by atoms with Crippen molar-refractivity contribution in [3.8, 4) is 5.88 Å². The van der Waals surface area contributed by atoms with E-state index in [9.17, 15) is 0 Å². The number of hydrogen-bond donors (Lipinski definition) is 1. The molecule has 1 aromatic rings. The van der Waals surface area contributed by atoms with Crippen LogP contribution in [0.1, 0.15) is 47.2 Å². The van der Waals surface area contributed by atoms with E-state index in [1.54, 1.807) is 0 Å². The highest BCUT2D eigenvalue weighted by Gasteiger charge is 2.19. The van der Waals surface area contributed by atoms with Crippen LogP contribution >= 0.6 is 0 Å². The Morgan fingerprint density at radius 2 is 1.84 bits per heavy atom. The van der Waals surface area contributed by atoms with Crippen molar-refractivity contribution >= 4 is 5.95 Å². The fourth-order valence-electron chi connectivity index (χ4n) is 1.47. The van der Waals surface area contributed by atoms with Crippen LogP contribution < -0.4 is 10.1 Å². The van der Waals surface area contributed by atoms with E-state index in [0.29, 0.717) is 17.7 Å². The predicted molar refractivity (Wildman–Crippen MR) is 79.6 cm³/mol. The van der Waals surface area contributed by atoms with E-state index in [4.69, 9.17) is 4.74 Å². The molecule has 0 aliphatic carbocycles. The fourth-order valence-corrected chi connectivity index (χ4v) is 1.47. The minimum atomic E-state index is 0.121. The van der Waals surface area contributed by atoms with Gasteiger partial charge in [0.25, 0.3) is 0 Å². The van der Waals surface area contributed by atoms with Crippen LogP contribution in [0.25, 0.3) is 0 Å². The number of aromatic nitrogens is 2. The molecule has 0 fully saturated rings. The van der Waals surface area contributed by atoms with Crippen LogP contribution in [0.2, 0.25) is 0 Å². The minimum absolute atomic E-state index is 0.121. The predicted octanol–water partition coefficient (Wildman–Crippen LogP) is 3.67. The van der Waals surface area contributed by atoms with E-state index in [-0.39, 0.29) is 11.5 Å². The molecular formula is C15H27N3O. The maximum absolute atomic E-state index is 5.62. The fraction of sp³-hybridized carbons (Fsp3) is 0.733. The van der Waals surface area contributed by atoms with E-state index in [1.165, 1.54) is 0 Å². The smallest absolute Gasteiger partial charge is 0.226 e. The molecule has 1 atom stereocenters. The molecule has 19 heavy (non-hydrogen) atoms. The molecule has 0 bridgehead atoms. The van der Waals surface area contributed by atoms with Crippen LogP contribution in [0.5, 0.6) is 5.88 Å². The van der Waals surface area contributed by atoms with Gasteiger partial charge in [-0.05, 0) is 32.1 Å². The summed E-state index contributed by atoms with van der Waals surface area (Å²) in [4.78, 5) is 8.78. The number of aryl methyl sites for hydroxylation is 1. The van der Waals surface area contributed by atoms with Crippen molar-refractivity contribution in [3.05, 3.63) is 11.8 Å². The number of nitrogens with zero attached hydrogens (tertiary/aromatic N) is 2. The Morgan fingerprint density at radius 3 is 2.37 bits per heavy atom. The molecule has 1 N–H and O–H groups in total. The lowest BCUT2D eigenvalue weighted by molar-refractivity contribution is 0.232. The van der Waals surface area contributed by atoms with Crippen LogP contribution in [0.3, 0.4) is 0 Å². The SMILES string of the molecule is Cc1cc(OC(C)C)nc(NCC(C)C(C)(C)C)n1. The van der Waals surface area contributed by atoms with Gasteiger partial charge in [-0.2, -0.15) is 4.98 Å². The Kier molecular flexibility index (Phi) is 5.15. The topological polar surface area (TPSA) is 47.0 Å². The van der Waals surface area contributed by atoms with Gasteiger partial charge in [0.1, 0.15) is 0 Å². The molecule has 4 nitrogen and oxygen atoms in total. The highest BCUT2D eigenvalue weighted by Crippen LogP contribution is 2.25. The molecule has 0 aliphatic heterocycles. The maximum Gasteiger partial charge on any atom is 0.226 e. The van der Waals surface area contributed by atoms with Crippen molar-refractivity contribution in [2.45, 2.75) is 54.6 Å². The number of anilines is 1. The first-order chi connectivity index (χ1) is 8.68. The van der Waals surface area contributed by atoms with Crippen LogP contribution in [-0.2, 0) is 0 Å². The third-order valence-corrected chi connectivity index (χ3v) is 3.23. The van der Waals surface area contributed by atoms with Gasteiger partial charge in [-0.25, -0.2) is 4.98 Å². The van der Waals surface area contributed by atoms with Crippen LogP contribution in [-0.4, -0.2) is 22.6 Å². The second-order valence-corrected chi connectivity index (χ2v) is 6.49. The van der Waals surface area contributed by atoms with Crippen molar-refractivity contribution < 1.29 is 4.74 Å². The van der Waals surface area contributed by atoms with Crippen LogP contribution in [0.15, 0.2) is 6.07 Å². The van der Waals surface area contributed by atoms with Crippen molar-refractivity contribution in [2.24, 2.45) is 11.3 Å². The standard InChI is InChI=1S/C15H27N3O/c1-10(2)19-13-8-12(4)17-14(18-13)16-9-11(3)15(5,6)7/h8,10-11H,9H2,1-7H3,(H,16,17,18). The summed E-state index contributed by atoms with van der Waals surface area (Å²) < 4.78 is 5.62. The van der Waals surface area contributed by atoms with E-state index in [1.807, 2.05) is 26.8 Å². The normalized spacial score (nSPS) is 13.5. The summed E-state index contributed by atoms with van der Waals surface area (Å²) >= 11 is 0. The zero-order valence-electron chi connectivity index (χ0n) is 13.2. The average Bonchev–Trinajstić information content (AvgIpc) is 2.22. The summed E-state index contributed by atoms with van der Waals surface area (Å²) in [7, 11) is 0. The molecule has 0 spiro atoms. The van der Waals surface area contributed by atoms with E-state index < -0.39 is 0 Å². The maximum atomic E-state index is 5.62. The van der Waals surface area contributed by atoms with Crippen molar-refractivity contribution in [1.82, 2.24) is 9.97 Å². The van der Waals surface area contributed by atoms with Gasteiger partial charge in [-0.1, -0.05) is 27.7 Å². The first-order valence-corrected chi connectivity index (χ1v) is 6.94. The molecule has 0 saturated carbocycles. The lowest BCUT2D eigenvalue weighted by atomic mass is 9.82. The van der Waals surface area contributed by atoms with Gasteiger partial charge in [0.2, 0.25) is 11.8 Å². The molecule has 0 radical (unpaired) electrons. The Morgan fingerprint density at radius 1 is 1.21 bits per heavy atom. The lowest BCUT2D eigenvalue weighted by Crippen LogP contribution is -2.25. The average molecular weight is 265 g/mol. The van der Waals surface area contributed by atoms with Gasteiger partial charge >= 0.3 is 0 Å². The van der Waals surface area contributed by atoms with E-state index in [2.05, 4.69) is 43.0 Å². The second kappa shape index (κ2) is 6.22. The molecule has 108 valence electrons. The van der Waals surface area contributed by atoms with Gasteiger partial charge in [-0.15, -0.1) is 0 Å². The van der Waals surface area contributed by atoms with E-state index in [0.717, 1.165) is 12.2 Å². The number of rotatable bonds is 5. The Balaban J connectivity index is 2.71. The lowest BCUT2D eigenvalue weighted by Gasteiger charge is -2.27. The van der Waals surface area contributed by atoms with Crippen molar-refractivity contribution in [3.63, 3.8) is 0 Å². The monoisotopic (exact) mass is 265 g/mol. The number of nitrogens with one attached hydrogen (secondary N) is 1. The molecule has 0 aliphatic rings. The molecule has 1 aromatic heterocycles. The summed E-state index contributed by atoms with van der Waals surface area (Å²) in [6, 6.07) is 1.86. The zero-order chi connectivity index (χ0) is 14.6. The van der Waals surface area contributed by atoms with Crippen LogP contribution in [0.4, 0.5) is 5.95 Å². The molecule has 4 heteroatoms. The highest BCUT2D eigenvalue weighted by molar-refractivity contribution is 5.30. The quantitative estimate of drug-likeness (QED) is 0.882. The summed E-state index contributed by atoms with van der Waals surface area (Å²) in [6.07, 6.45) is 0.121. The summed E-state index contributed by atoms with van der Waals surface area (Å²) in [6.45, 7) is 15.7. The molecular weight excluding hydrogens is 238 g/mol. The molecule has 1 unspecified atom stereocenters. The van der Waals surface area contributed by atoms with Gasteiger partial charge < -0.3 is 10.1 Å². The largest absolute Gasteiger partial charge is 0.475 e. The van der Waals surface area contributed by atoms with Gasteiger partial charge in [0.05, 0.1) is 6.10 Å². The minimum Gasteiger partial charge on any atom is -0.475 e. The molecule has 0 amide bonds. The second-order valence-electron chi connectivity index (χ2n) is 6.49. The third kappa shape index (κ3) is 5.45. The van der Waals surface area contributed by atoms with Crippen LogP contribution in [0, 0.1) is 18.3 Å². The number of hydrogen-bond acceptors (Lipinski definition) is 4. The Labute approximate surface area is 117 Å². The summed E-state index contributed by atoms with van der Waals surface area (Å²) in [5.41, 5.74) is 1.19. The Hall–Kier alpha value is -1.32. The van der Waals surface area contributed by atoms with Crippen molar-refractivity contribution in [2.75, 3.05) is 11.9 Å². The van der Waals surface area contributed by atoms with Gasteiger partial charge in [-0.3, -0.25) is 0 Å². The molecule has 0 aromatic carbocycles. The molecule has 1 rings (SSSR count). The van der Waals surface area contributed by atoms with E-state index >= 15 is 0 Å².